The number of carbonyl (C=O) groups excluding carboxylic acids is 2. The highest BCUT2D eigenvalue weighted by Gasteiger charge is 2.23. The molecule has 132 valence electrons. The van der Waals surface area contributed by atoms with Gasteiger partial charge in [0.15, 0.2) is 0 Å². The Morgan fingerprint density at radius 3 is 2.24 bits per heavy atom. The highest BCUT2D eigenvalue weighted by Crippen LogP contribution is 2.12. The molecule has 1 N–H and O–H groups in total. The van der Waals surface area contributed by atoms with Gasteiger partial charge in [0.2, 0.25) is 11.8 Å². The lowest BCUT2D eigenvalue weighted by atomic mass is 10.1. The van der Waals surface area contributed by atoms with Crippen molar-refractivity contribution in [3.05, 3.63) is 65.7 Å². The van der Waals surface area contributed by atoms with Crippen molar-refractivity contribution in [3.63, 3.8) is 0 Å². The number of hydrogen-bond acceptors (Lipinski definition) is 3. The van der Waals surface area contributed by atoms with Gasteiger partial charge in [-0.3, -0.25) is 9.59 Å². The van der Waals surface area contributed by atoms with Crippen molar-refractivity contribution in [2.75, 3.05) is 7.11 Å². The summed E-state index contributed by atoms with van der Waals surface area (Å²) in [5, 5.41) is 2.88. The van der Waals surface area contributed by atoms with E-state index in [0.29, 0.717) is 13.1 Å². The molecule has 0 unspecified atom stereocenters. The van der Waals surface area contributed by atoms with Gasteiger partial charge in [-0.05, 0) is 30.2 Å². The van der Waals surface area contributed by atoms with E-state index in [-0.39, 0.29) is 11.8 Å². The summed E-state index contributed by atoms with van der Waals surface area (Å²) in [5.41, 5.74) is 1.96. The van der Waals surface area contributed by atoms with Crippen LogP contribution in [0.1, 0.15) is 25.0 Å². The molecule has 0 bridgehead atoms. The summed E-state index contributed by atoms with van der Waals surface area (Å²) in [6.45, 7) is 4.04. The van der Waals surface area contributed by atoms with Crippen molar-refractivity contribution in [1.82, 2.24) is 10.2 Å². The third-order valence-electron chi connectivity index (χ3n) is 4.07. The van der Waals surface area contributed by atoms with Gasteiger partial charge in [0.25, 0.3) is 0 Å². The molecule has 25 heavy (non-hydrogen) atoms. The van der Waals surface area contributed by atoms with Gasteiger partial charge >= 0.3 is 0 Å². The van der Waals surface area contributed by atoms with Gasteiger partial charge in [-0.25, -0.2) is 0 Å². The molecule has 1 atom stereocenters. The molecule has 2 aromatic rings. The standard InChI is InChI=1S/C20H24N2O3/c1-15(22(16(2)23)14-18-7-5-4-6-8-18)20(24)21-13-17-9-11-19(25-3)12-10-17/h4-12,15H,13-14H2,1-3H3,(H,21,24)/t15-/m0/s1. The van der Waals surface area contributed by atoms with Crippen LogP contribution in [0.25, 0.3) is 0 Å². The third kappa shape index (κ3) is 5.35. The Morgan fingerprint density at radius 2 is 1.68 bits per heavy atom. The summed E-state index contributed by atoms with van der Waals surface area (Å²) in [5.74, 6) is 0.465. The second-order valence-electron chi connectivity index (χ2n) is 5.87. The van der Waals surface area contributed by atoms with Crippen LogP contribution < -0.4 is 10.1 Å². The van der Waals surface area contributed by atoms with E-state index in [1.54, 1.807) is 18.9 Å². The van der Waals surface area contributed by atoms with E-state index in [0.717, 1.165) is 16.9 Å². The smallest absolute Gasteiger partial charge is 0.242 e. The van der Waals surface area contributed by atoms with Gasteiger partial charge in [0, 0.05) is 20.0 Å². The van der Waals surface area contributed by atoms with E-state index < -0.39 is 6.04 Å². The molecule has 5 heteroatoms. The summed E-state index contributed by atoms with van der Waals surface area (Å²) < 4.78 is 5.12. The van der Waals surface area contributed by atoms with Crippen molar-refractivity contribution in [2.45, 2.75) is 33.0 Å². The maximum absolute atomic E-state index is 12.4. The number of carbonyl (C=O) groups is 2. The van der Waals surface area contributed by atoms with E-state index in [1.165, 1.54) is 6.92 Å². The van der Waals surface area contributed by atoms with Crippen molar-refractivity contribution in [2.24, 2.45) is 0 Å². The first-order valence-corrected chi connectivity index (χ1v) is 8.23. The number of nitrogens with one attached hydrogen (secondary N) is 1. The van der Waals surface area contributed by atoms with Crippen LogP contribution in [0.5, 0.6) is 5.75 Å². The molecule has 0 aromatic heterocycles. The van der Waals surface area contributed by atoms with Crippen molar-refractivity contribution in [1.29, 1.82) is 0 Å². The van der Waals surface area contributed by atoms with Gasteiger partial charge in [0.1, 0.15) is 11.8 Å². The van der Waals surface area contributed by atoms with Crippen LogP contribution in [0.3, 0.4) is 0 Å². The fourth-order valence-corrected chi connectivity index (χ4v) is 2.52. The lowest BCUT2D eigenvalue weighted by Crippen LogP contribution is -2.46. The lowest BCUT2D eigenvalue weighted by Gasteiger charge is -2.27. The molecule has 0 aliphatic carbocycles. The fourth-order valence-electron chi connectivity index (χ4n) is 2.52. The molecule has 2 amide bonds. The zero-order chi connectivity index (χ0) is 18.2. The topological polar surface area (TPSA) is 58.6 Å². The maximum Gasteiger partial charge on any atom is 0.242 e. The predicted octanol–water partition coefficient (Wildman–Crippen LogP) is 2.75. The molecule has 2 rings (SSSR count). The summed E-state index contributed by atoms with van der Waals surface area (Å²) >= 11 is 0. The van der Waals surface area contributed by atoms with Crippen LogP contribution >= 0.6 is 0 Å². The van der Waals surface area contributed by atoms with E-state index in [9.17, 15) is 9.59 Å². The molecular weight excluding hydrogens is 316 g/mol. The summed E-state index contributed by atoms with van der Waals surface area (Å²) in [6, 6.07) is 16.6. The largest absolute Gasteiger partial charge is 0.497 e. The van der Waals surface area contributed by atoms with Crippen LogP contribution in [0.4, 0.5) is 0 Å². The number of nitrogens with zero attached hydrogens (tertiary/aromatic N) is 1. The molecule has 0 radical (unpaired) electrons. The number of hydrogen-bond donors (Lipinski definition) is 1. The fraction of sp³-hybridized carbons (Fsp3) is 0.300. The van der Waals surface area contributed by atoms with Gasteiger partial charge in [0.05, 0.1) is 7.11 Å². The summed E-state index contributed by atoms with van der Waals surface area (Å²) in [6.07, 6.45) is 0. The molecule has 0 aliphatic heterocycles. The van der Waals surface area contributed by atoms with Crippen molar-refractivity contribution < 1.29 is 14.3 Å². The van der Waals surface area contributed by atoms with Crippen molar-refractivity contribution in [3.8, 4) is 5.75 Å². The summed E-state index contributed by atoms with van der Waals surface area (Å²) in [4.78, 5) is 26.0. The Labute approximate surface area is 148 Å². The molecule has 0 spiro atoms. The van der Waals surface area contributed by atoms with E-state index in [1.807, 2.05) is 54.6 Å². The summed E-state index contributed by atoms with van der Waals surface area (Å²) in [7, 11) is 1.61. The Hall–Kier alpha value is -2.82. The zero-order valence-electron chi connectivity index (χ0n) is 14.9. The average molecular weight is 340 g/mol. The quantitative estimate of drug-likeness (QED) is 0.843. The van der Waals surface area contributed by atoms with Gasteiger partial charge in [-0.2, -0.15) is 0 Å². The van der Waals surface area contributed by atoms with E-state index in [2.05, 4.69) is 5.32 Å². The second-order valence-corrected chi connectivity index (χ2v) is 5.87. The molecular formula is C20H24N2O3. The Morgan fingerprint density at radius 1 is 1.04 bits per heavy atom. The second kappa shape index (κ2) is 8.87. The number of methoxy groups -OCH3 is 1. The minimum absolute atomic E-state index is 0.129. The number of benzene rings is 2. The van der Waals surface area contributed by atoms with Crippen LogP contribution in [0.2, 0.25) is 0 Å². The molecule has 0 fully saturated rings. The van der Waals surface area contributed by atoms with Crippen LogP contribution in [-0.2, 0) is 22.7 Å². The molecule has 0 saturated heterocycles. The number of ether oxygens (including phenoxy) is 1. The molecule has 2 aromatic carbocycles. The number of rotatable bonds is 7. The first-order chi connectivity index (χ1) is 12.0. The predicted molar refractivity (Wildman–Crippen MR) is 97.0 cm³/mol. The molecule has 5 nitrogen and oxygen atoms in total. The van der Waals surface area contributed by atoms with Crippen molar-refractivity contribution >= 4 is 11.8 Å². The molecule has 0 aliphatic rings. The van der Waals surface area contributed by atoms with Crippen LogP contribution in [-0.4, -0.2) is 29.9 Å². The lowest BCUT2D eigenvalue weighted by molar-refractivity contribution is -0.139. The van der Waals surface area contributed by atoms with Gasteiger partial charge in [-0.1, -0.05) is 42.5 Å². The average Bonchev–Trinajstić information content (AvgIpc) is 2.64. The minimum Gasteiger partial charge on any atom is -0.497 e. The van der Waals surface area contributed by atoms with Crippen LogP contribution in [0.15, 0.2) is 54.6 Å². The Bertz CT molecular complexity index is 699. The highest BCUT2D eigenvalue weighted by molar-refractivity contribution is 5.86. The normalized spacial score (nSPS) is 11.5. The molecule has 0 heterocycles. The monoisotopic (exact) mass is 340 g/mol. The number of amides is 2. The Balaban J connectivity index is 1.96. The maximum atomic E-state index is 12.4. The zero-order valence-corrected chi connectivity index (χ0v) is 14.9. The van der Waals surface area contributed by atoms with E-state index >= 15 is 0 Å². The van der Waals surface area contributed by atoms with E-state index in [4.69, 9.17) is 4.74 Å². The van der Waals surface area contributed by atoms with Crippen LogP contribution in [0, 0.1) is 0 Å². The Kier molecular flexibility index (Phi) is 6.57. The van der Waals surface area contributed by atoms with Gasteiger partial charge < -0.3 is 15.0 Å². The molecule has 0 saturated carbocycles. The minimum atomic E-state index is -0.545. The SMILES string of the molecule is COc1ccc(CNC(=O)[C@H](C)N(Cc2ccccc2)C(C)=O)cc1. The van der Waals surface area contributed by atoms with Gasteiger partial charge in [-0.15, -0.1) is 0 Å². The first-order valence-electron chi connectivity index (χ1n) is 8.23. The first kappa shape index (κ1) is 18.5. The third-order valence-corrected chi connectivity index (χ3v) is 4.07. The highest BCUT2D eigenvalue weighted by atomic mass is 16.5.